The molecule has 0 bridgehead atoms. The highest BCUT2D eigenvalue weighted by molar-refractivity contribution is 6.30. The van der Waals surface area contributed by atoms with Gasteiger partial charge in [-0.3, -0.25) is 0 Å². The predicted octanol–water partition coefficient (Wildman–Crippen LogP) is 5.74. The van der Waals surface area contributed by atoms with Gasteiger partial charge in [0.25, 0.3) is 0 Å². The summed E-state index contributed by atoms with van der Waals surface area (Å²) in [4.78, 5) is 4.82. The number of imidazole rings is 1. The summed E-state index contributed by atoms with van der Waals surface area (Å²) in [7, 11) is 0. The van der Waals surface area contributed by atoms with Crippen molar-refractivity contribution in [2.24, 2.45) is 0 Å². The van der Waals surface area contributed by atoms with Crippen LogP contribution in [0.5, 0.6) is 5.75 Å². The Kier molecular flexibility index (Phi) is 4.63. The number of nitrogens with zero attached hydrogens (tertiary/aromatic N) is 2. The van der Waals surface area contributed by atoms with E-state index in [0.29, 0.717) is 13.2 Å². The summed E-state index contributed by atoms with van der Waals surface area (Å²) in [6.45, 7) is 3.35. The number of aryl methyl sites for hydroxylation is 1. The van der Waals surface area contributed by atoms with Crippen LogP contribution in [0.3, 0.4) is 0 Å². The molecule has 0 saturated heterocycles. The van der Waals surface area contributed by atoms with Gasteiger partial charge in [-0.15, -0.1) is 0 Å². The van der Waals surface area contributed by atoms with E-state index in [1.807, 2.05) is 60.7 Å². The van der Waals surface area contributed by atoms with E-state index in [-0.39, 0.29) is 0 Å². The molecule has 0 fully saturated rings. The summed E-state index contributed by atoms with van der Waals surface area (Å²) in [5.41, 5.74) is 4.32. The van der Waals surface area contributed by atoms with E-state index in [1.165, 1.54) is 5.56 Å². The van der Waals surface area contributed by atoms with Crippen LogP contribution in [0.4, 0.5) is 0 Å². The molecule has 4 heteroatoms. The maximum absolute atomic E-state index is 6.03. The second kappa shape index (κ2) is 7.22. The van der Waals surface area contributed by atoms with Gasteiger partial charge in [0.2, 0.25) is 0 Å². The first-order valence-electron chi connectivity index (χ1n) is 8.61. The second-order valence-electron chi connectivity index (χ2n) is 6.25. The summed E-state index contributed by atoms with van der Waals surface area (Å²) in [6.07, 6.45) is 0. The Labute approximate surface area is 157 Å². The van der Waals surface area contributed by atoms with E-state index in [0.717, 1.165) is 33.2 Å². The van der Waals surface area contributed by atoms with Crippen molar-refractivity contribution in [1.29, 1.82) is 0 Å². The molecule has 3 aromatic carbocycles. The highest BCUT2D eigenvalue weighted by Gasteiger charge is 2.12. The Bertz CT molecular complexity index is 1040. The number of aromatic nitrogens is 2. The van der Waals surface area contributed by atoms with Crippen molar-refractivity contribution in [1.82, 2.24) is 9.55 Å². The number of hydrogen-bond acceptors (Lipinski definition) is 2. The maximum atomic E-state index is 6.03. The molecule has 0 saturated carbocycles. The number of hydrogen-bond donors (Lipinski definition) is 0. The van der Waals surface area contributed by atoms with Crippen LogP contribution in [0, 0.1) is 6.92 Å². The van der Waals surface area contributed by atoms with Crippen LogP contribution in [0.2, 0.25) is 5.02 Å². The lowest BCUT2D eigenvalue weighted by Gasteiger charge is -2.11. The van der Waals surface area contributed by atoms with E-state index in [9.17, 15) is 0 Å². The zero-order valence-electron chi connectivity index (χ0n) is 14.5. The number of ether oxygens (including phenoxy) is 1. The first-order chi connectivity index (χ1) is 12.7. The van der Waals surface area contributed by atoms with Gasteiger partial charge in [0, 0.05) is 10.6 Å². The molecule has 26 heavy (non-hydrogen) atoms. The highest BCUT2D eigenvalue weighted by Crippen LogP contribution is 2.26. The molecule has 0 atom stereocenters. The van der Waals surface area contributed by atoms with Crippen molar-refractivity contribution in [3.63, 3.8) is 0 Å². The summed E-state index contributed by atoms with van der Waals surface area (Å²) >= 11 is 6.03. The minimum absolute atomic E-state index is 0.574. The standard InChI is InChI=1S/C22H19ClN2O/c1-16-5-4-6-19(15-16)26-14-13-25-21-8-3-2-7-20(21)24-22(25)17-9-11-18(23)12-10-17/h2-12,15H,13-14H2,1H3. The third-order valence-electron chi connectivity index (χ3n) is 4.33. The normalized spacial score (nSPS) is 11.0. The average Bonchev–Trinajstić information content (AvgIpc) is 3.01. The Morgan fingerprint density at radius 3 is 2.58 bits per heavy atom. The van der Waals surface area contributed by atoms with Gasteiger partial charge in [-0.25, -0.2) is 4.98 Å². The lowest BCUT2D eigenvalue weighted by Crippen LogP contribution is -2.09. The van der Waals surface area contributed by atoms with Crippen LogP contribution in [0.15, 0.2) is 72.8 Å². The molecule has 3 nitrogen and oxygen atoms in total. The minimum Gasteiger partial charge on any atom is -0.492 e. The minimum atomic E-state index is 0.574. The summed E-state index contributed by atoms with van der Waals surface area (Å²) in [5, 5.41) is 0.721. The Hall–Kier alpha value is -2.78. The topological polar surface area (TPSA) is 27.1 Å². The molecule has 4 rings (SSSR count). The van der Waals surface area contributed by atoms with Crippen molar-refractivity contribution in [3.05, 3.63) is 83.4 Å². The number of rotatable bonds is 5. The molecule has 130 valence electrons. The van der Waals surface area contributed by atoms with Gasteiger partial charge < -0.3 is 9.30 Å². The third-order valence-corrected chi connectivity index (χ3v) is 4.58. The molecule has 0 aliphatic carbocycles. The summed E-state index contributed by atoms with van der Waals surface area (Å²) in [5.74, 6) is 1.82. The maximum Gasteiger partial charge on any atom is 0.141 e. The summed E-state index contributed by atoms with van der Waals surface area (Å²) < 4.78 is 8.15. The lowest BCUT2D eigenvalue weighted by molar-refractivity contribution is 0.300. The van der Waals surface area contributed by atoms with Crippen molar-refractivity contribution >= 4 is 22.6 Å². The van der Waals surface area contributed by atoms with Crippen LogP contribution >= 0.6 is 11.6 Å². The highest BCUT2D eigenvalue weighted by atomic mass is 35.5. The molecule has 4 aromatic rings. The Morgan fingerprint density at radius 1 is 0.962 bits per heavy atom. The van der Waals surface area contributed by atoms with Crippen molar-refractivity contribution in [2.45, 2.75) is 13.5 Å². The van der Waals surface area contributed by atoms with Crippen LogP contribution in [-0.2, 0) is 6.54 Å². The fraction of sp³-hybridized carbons (Fsp3) is 0.136. The number of halogens is 1. The number of para-hydroxylation sites is 2. The molecular weight excluding hydrogens is 344 g/mol. The van der Waals surface area contributed by atoms with Crippen LogP contribution in [0.1, 0.15) is 5.56 Å². The van der Waals surface area contributed by atoms with E-state index in [2.05, 4.69) is 23.6 Å². The molecular formula is C22H19ClN2O. The zero-order valence-corrected chi connectivity index (χ0v) is 15.3. The zero-order chi connectivity index (χ0) is 17.9. The largest absolute Gasteiger partial charge is 0.492 e. The summed E-state index contributed by atoms with van der Waals surface area (Å²) in [6, 6.07) is 24.1. The van der Waals surface area contributed by atoms with Crippen molar-refractivity contribution in [3.8, 4) is 17.1 Å². The first kappa shape index (κ1) is 16.7. The van der Waals surface area contributed by atoms with Gasteiger partial charge in [0.05, 0.1) is 17.6 Å². The van der Waals surface area contributed by atoms with E-state index >= 15 is 0 Å². The molecule has 0 unspecified atom stereocenters. The third kappa shape index (κ3) is 3.44. The van der Waals surface area contributed by atoms with Crippen LogP contribution < -0.4 is 4.74 Å². The van der Waals surface area contributed by atoms with E-state index in [4.69, 9.17) is 21.3 Å². The van der Waals surface area contributed by atoms with Crippen molar-refractivity contribution in [2.75, 3.05) is 6.61 Å². The lowest BCUT2D eigenvalue weighted by atomic mass is 10.2. The van der Waals surface area contributed by atoms with Gasteiger partial charge in [0.15, 0.2) is 0 Å². The van der Waals surface area contributed by atoms with Crippen LogP contribution in [0.25, 0.3) is 22.4 Å². The monoisotopic (exact) mass is 362 g/mol. The molecule has 1 heterocycles. The van der Waals surface area contributed by atoms with Crippen molar-refractivity contribution < 1.29 is 4.74 Å². The fourth-order valence-corrected chi connectivity index (χ4v) is 3.21. The average molecular weight is 363 g/mol. The predicted molar refractivity (Wildman–Crippen MR) is 107 cm³/mol. The SMILES string of the molecule is Cc1cccc(OCCn2c(-c3ccc(Cl)cc3)nc3ccccc32)c1. The molecule has 0 aliphatic rings. The Morgan fingerprint density at radius 2 is 1.77 bits per heavy atom. The van der Waals surface area contributed by atoms with Crippen LogP contribution in [-0.4, -0.2) is 16.2 Å². The second-order valence-corrected chi connectivity index (χ2v) is 6.68. The quantitative estimate of drug-likeness (QED) is 0.452. The number of benzene rings is 3. The van der Waals surface area contributed by atoms with E-state index in [1.54, 1.807) is 0 Å². The van der Waals surface area contributed by atoms with Gasteiger partial charge in [0.1, 0.15) is 18.2 Å². The molecule has 0 spiro atoms. The molecule has 1 aromatic heterocycles. The molecule has 0 radical (unpaired) electrons. The molecule has 0 aliphatic heterocycles. The van der Waals surface area contributed by atoms with Gasteiger partial charge in [-0.1, -0.05) is 35.9 Å². The molecule has 0 amide bonds. The Balaban J connectivity index is 1.64. The molecule has 0 N–H and O–H groups in total. The number of fused-ring (bicyclic) bond motifs is 1. The van der Waals surface area contributed by atoms with Gasteiger partial charge >= 0.3 is 0 Å². The van der Waals surface area contributed by atoms with Gasteiger partial charge in [-0.05, 0) is 61.0 Å². The first-order valence-corrected chi connectivity index (χ1v) is 8.99. The van der Waals surface area contributed by atoms with Gasteiger partial charge in [-0.2, -0.15) is 0 Å². The smallest absolute Gasteiger partial charge is 0.141 e. The fourth-order valence-electron chi connectivity index (χ4n) is 3.08. The van der Waals surface area contributed by atoms with E-state index < -0.39 is 0 Å².